The first-order valence-corrected chi connectivity index (χ1v) is 6.98. The number of nitro groups is 1. The van der Waals surface area contributed by atoms with Crippen molar-refractivity contribution in [1.29, 1.82) is 5.26 Å². The fourth-order valence-corrected chi connectivity index (χ4v) is 2.09. The van der Waals surface area contributed by atoms with Gasteiger partial charge in [-0.05, 0) is 40.8 Å². The van der Waals surface area contributed by atoms with Crippen LogP contribution in [0.3, 0.4) is 0 Å². The zero-order chi connectivity index (χ0) is 16.1. The van der Waals surface area contributed by atoms with Crippen LogP contribution in [0.15, 0.2) is 48.5 Å². The second kappa shape index (κ2) is 6.68. The Morgan fingerprint density at radius 3 is 2.18 bits per heavy atom. The minimum Gasteiger partial charge on any atom is -0.258 e. The maximum absolute atomic E-state index is 10.6. The molecule has 0 unspecified atom stereocenters. The molecule has 0 amide bonds. The standard InChI is InChI=1S/C18H16N2O2/c1-13(2)15-5-7-16(8-6-15)17(12-19)11-14-3-9-18(10-4-14)20(21)22/h3-11,13H,1-2H3/b17-11+. The average molecular weight is 292 g/mol. The molecule has 0 saturated carbocycles. The molecule has 110 valence electrons. The zero-order valence-electron chi connectivity index (χ0n) is 12.5. The number of allylic oxidation sites excluding steroid dienone is 1. The van der Waals surface area contributed by atoms with Crippen LogP contribution in [0.5, 0.6) is 0 Å². The number of nitrogens with zero attached hydrogens (tertiary/aromatic N) is 2. The highest BCUT2D eigenvalue weighted by Crippen LogP contribution is 2.22. The zero-order valence-corrected chi connectivity index (χ0v) is 12.5. The maximum atomic E-state index is 10.6. The third kappa shape index (κ3) is 3.58. The molecule has 0 heterocycles. The first kappa shape index (κ1) is 15.5. The Labute approximate surface area is 129 Å². The molecular weight excluding hydrogens is 276 g/mol. The molecule has 2 aromatic rings. The fraction of sp³-hybridized carbons (Fsp3) is 0.167. The van der Waals surface area contributed by atoms with Gasteiger partial charge in [-0.3, -0.25) is 10.1 Å². The van der Waals surface area contributed by atoms with E-state index >= 15 is 0 Å². The van der Waals surface area contributed by atoms with Crippen molar-refractivity contribution in [3.63, 3.8) is 0 Å². The third-order valence-corrected chi connectivity index (χ3v) is 3.42. The van der Waals surface area contributed by atoms with Crippen molar-refractivity contribution < 1.29 is 4.92 Å². The summed E-state index contributed by atoms with van der Waals surface area (Å²) < 4.78 is 0. The Kier molecular flexibility index (Phi) is 4.70. The minimum absolute atomic E-state index is 0.0388. The molecule has 0 saturated heterocycles. The van der Waals surface area contributed by atoms with Crippen LogP contribution in [0.4, 0.5) is 5.69 Å². The molecule has 0 aliphatic rings. The van der Waals surface area contributed by atoms with Crippen LogP contribution < -0.4 is 0 Å². The van der Waals surface area contributed by atoms with Gasteiger partial charge in [-0.2, -0.15) is 5.26 Å². The molecule has 0 aliphatic carbocycles. The second-order valence-electron chi connectivity index (χ2n) is 5.30. The molecule has 0 atom stereocenters. The molecule has 0 bridgehead atoms. The van der Waals surface area contributed by atoms with Crippen LogP contribution in [0.1, 0.15) is 36.5 Å². The van der Waals surface area contributed by atoms with E-state index in [0.29, 0.717) is 11.5 Å². The SMILES string of the molecule is CC(C)c1ccc(/C(C#N)=C/c2ccc([N+](=O)[O-])cc2)cc1. The summed E-state index contributed by atoms with van der Waals surface area (Å²) in [6.07, 6.45) is 1.73. The lowest BCUT2D eigenvalue weighted by Crippen LogP contribution is -1.89. The van der Waals surface area contributed by atoms with E-state index in [1.807, 2.05) is 24.3 Å². The lowest BCUT2D eigenvalue weighted by molar-refractivity contribution is -0.384. The predicted molar refractivity (Wildman–Crippen MR) is 87.1 cm³/mol. The van der Waals surface area contributed by atoms with Crippen LogP contribution in [-0.4, -0.2) is 4.92 Å². The number of nitriles is 1. The Morgan fingerprint density at radius 1 is 1.14 bits per heavy atom. The van der Waals surface area contributed by atoms with E-state index in [-0.39, 0.29) is 5.69 Å². The Morgan fingerprint density at radius 2 is 1.73 bits per heavy atom. The summed E-state index contributed by atoms with van der Waals surface area (Å²) in [6.45, 7) is 4.24. The Bertz CT molecular complexity index is 736. The quantitative estimate of drug-likeness (QED) is 0.352. The number of hydrogen-bond donors (Lipinski definition) is 0. The van der Waals surface area contributed by atoms with Crippen molar-refractivity contribution in [2.24, 2.45) is 0 Å². The van der Waals surface area contributed by atoms with Crippen molar-refractivity contribution in [2.75, 3.05) is 0 Å². The second-order valence-corrected chi connectivity index (χ2v) is 5.30. The number of hydrogen-bond acceptors (Lipinski definition) is 3. The van der Waals surface area contributed by atoms with Crippen molar-refractivity contribution in [2.45, 2.75) is 19.8 Å². The van der Waals surface area contributed by atoms with Crippen molar-refractivity contribution in [1.82, 2.24) is 0 Å². The van der Waals surface area contributed by atoms with E-state index < -0.39 is 4.92 Å². The first-order valence-electron chi connectivity index (χ1n) is 6.98. The number of non-ortho nitro benzene ring substituents is 1. The molecule has 0 aliphatic heterocycles. The topological polar surface area (TPSA) is 66.9 Å². The Balaban J connectivity index is 2.31. The lowest BCUT2D eigenvalue weighted by atomic mass is 9.98. The van der Waals surface area contributed by atoms with Gasteiger partial charge in [0.25, 0.3) is 5.69 Å². The summed E-state index contributed by atoms with van der Waals surface area (Å²) in [4.78, 5) is 10.2. The first-order chi connectivity index (χ1) is 10.5. The van der Waals surface area contributed by atoms with Crippen LogP contribution in [0.2, 0.25) is 0 Å². The van der Waals surface area contributed by atoms with Gasteiger partial charge in [0.05, 0.1) is 16.6 Å². The van der Waals surface area contributed by atoms with E-state index in [9.17, 15) is 15.4 Å². The van der Waals surface area contributed by atoms with Crippen molar-refractivity contribution in [3.05, 3.63) is 75.3 Å². The van der Waals surface area contributed by atoms with Gasteiger partial charge in [0, 0.05) is 12.1 Å². The van der Waals surface area contributed by atoms with Crippen molar-refractivity contribution >= 4 is 17.3 Å². The van der Waals surface area contributed by atoms with Gasteiger partial charge >= 0.3 is 0 Å². The highest BCUT2D eigenvalue weighted by Gasteiger charge is 2.06. The molecule has 0 aromatic heterocycles. The van der Waals surface area contributed by atoms with E-state index in [1.165, 1.54) is 17.7 Å². The molecule has 4 nitrogen and oxygen atoms in total. The molecule has 2 aromatic carbocycles. The molecule has 0 spiro atoms. The predicted octanol–water partition coefficient (Wildman–Crippen LogP) is 4.78. The monoisotopic (exact) mass is 292 g/mol. The average Bonchev–Trinajstić information content (AvgIpc) is 2.53. The van der Waals surface area contributed by atoms with Gasteiger partial charge in [-0.1, -0.05) is 38.1 Å². The summed E-state index contributed by atoms with van der Waals surface area (Å²) in [7, 11) is 0. The molecule has 0 fully saturated rings. The molecular formula is C18H16N2O2. The number of rotatable bonds is 4. The smallest absolute Gasteiger partial charge is 0.258 e. The van der Waals surface area contributed by atoms with Gasteiger partial charge in [0.1, 0.15) is 0 Å². The summed E-state index contributed by atoms with van der Waals surface area (Å²) in [5, 5.41) is 20.0. The van der Waals surface area contributed by atoms with Gasteiger partial charge in [-0.25, -0.2) is 0 Å². The van der Waals surface area contributed by atoms with E-state index in [4.69, 9.17) is 0 Å². The van der Waals surface area contributed by atoms with E-state index in [2.05, 4.69) is 19.9 Å². The number of nitro benzene ring substituents is 1. The normalized spacial score (nSPS) is 11.3. The summed E-state index contributed by atoms with van der Waals surface area (Å²) in [5.41, 5.74) is 3.39. The van der Waals surface area contributed by atoms with Gasteiger partial charge in [0.15, 0.2) is 0 Å². The Hall–Kier alpha value is -2.93. The van der Waals surface area contributed by atoms with Gasteiger partial charge in [0.2, 0.25) is 0 Å². The lowest BCUT2D eigenvalue weighted by Gasteiger charge is -2.06. The van der Waals surface area contributed by atoms with Gasteiger partial charge < -0.3 is 0 Å². The largest absolute Gasteiger partial charge is 0.269 e. The van der Waals surface area contributed by atoms with Crippen LogP contribution >= 0.6 is 0 Å². The number of benzene rings is 2. The molecule has 4 heteroatoms. The highest BCUT2D eigenvalue weighted by molar-refractivity contribution is 5.89. The molecule has 0 radical (unpaired) electrons. The van der Waals surface area contributed by atoms with Crippen LogP contribution in [-0.2, 0) is 0 Å². The van der Waals surface area contributed by atoms with Crippen LogP contribution in [0, 0.1) is 21.4 Å². The van der Waals surface area contributed by atoms with E-state index in [1.54, 1.807) is 18.2 Å². The molecule has 0 N–H and O–H groups in total. The maximum Gasteiger partial charge on any atom is 0.269 e. The molecule has 2 rings (SSSR count). The van der Waals surface area contributed by atoms with E-state index in [0.717, 1.165) is 11.1 Å². The van der Waals surface area contributed by atoms with Crippen molar-refractivity contribution in [3.8, 4) is 6.07 Å². The van der Waals surface area contributed by atoms with Crippen LogP contribution in [0.25, 0.3) is 11.6 Å². The summed E-state index contributed by atoms with van der Waals surface area (Å²) >= 11 is 0. The summed E-state index contributed by atoms with van der Waals surface area (Å²) in [5.74, 6) is 0.443. The highest BCUT2D eigenvalue weighted by atomic mass is 16.6. The third-order valence-electron chi connectivity index (χ3n) is 3.42. The minimum atomic E-state index is -0.441. The summed E-state index contributed by atoms with van der Waals surface area (Å²) in [6, 6.07) is 16.2. The van der Waals surface area contributed by atoms with Gasteiger partial charge in [-0.15, -0.1) is 0 Å². The molecule has 22 heavy (non-hydrogen) atoms. The fourth-order valence-electron chi connectivity index (χ4n) is 2.09.